The highest BCUT2D eigenvalue weighted by atomic mass is 32.2. The first-order valence-electron chi connectivity index (χ1n) is 10.6. The van der Waals surface area contributed by atoms with Crippen LogP contribution in [0, 0.1) is 0 Å². The fourth-order valence-corrected chi connectivity index (χ4v) is 6.11. The summed E-state index contributed by atoms with van der Waals surface area (Å²) in [6.07, 6.45) is -0.662. The third-order valence-corrected chi connectivity index (χ3v) is 7.95. The number of ether oxygens (including phenoxy) is 1. The minimum atomic E-state index is -0.662. The van der Waals surface area contributed by atoms with Crippen molar-refractivity contribution in [3.8, 4) is 0 Å². The molecule has 1 atom stereocenters. The smallest absolute Gasteiger partial charge is 0.356 e. The normalized spacial score (nSPS) is 18.6. The van der Waals surface area contributed by atoms with Gasteiger partial charge in [0.05, 0.1) is 0 Å². The Morgan fingerprint density at radius 3 is 2.43 bits per heavy atom. The average molecular weight is 509 g/mol. The molecule has 1 amide bonds. The molecule has 5 rings (SSSR count). The molecule has 1 N–H and O–H groups in total. The van der Waals surface area contributed by atoms with Crippen LogP contribution < -0.4 is 0 Å². The standard InChI is InChI=1S/C23H20N6O4S2/c1-28-23(24-26-27-28)35-13-16-12-34-21-17(25-32)20(30)29(21)18(16)22(31)33-19(14-8-4-2-5-9-14)15-10-6-3-7-11-15/h2-11,19,21,32H,12-13H2,1H3/b25-17+/t21-/m1/s1. The van der Waals surface area contributed by atoms with Crippen molar-refractivity contribution in [1.29, 1.82) is 0 Å². The van der Waals surface area contributed by atoms with E-state index in [4.69, 9.17) is 4.74 Å². The second kappa shape index (κ2) is 9.92. The molecule has 3 heterocycles. The van der Waals surface area contributed by atoms with Crippen LogP contribution in [0.25, 0.3) is 0 Å². The number of thioether (sulfide) groups is 2. The lowest BCUT2D eigenvalue weighted by Crippen LogP contribution is -2.62. The summed E-state index contributed by atoms with van der Waals surface area (Å²) in [5, 5.41) is 23.9. The predicted molar refractivity (Wildman–Crippen MR) is 130 cm³/mol. The van der Waals surface area contributed by atoms with Gasteiger partial charge in [0.25, 0.3) is 5.91 Å². The number of aromatic nitrogens is 4. The van der Waals surface area contributed by atoms with Gasteiger partial charge in [-0.3, -0.25) is 9.69 Å². The van der Waals surface area contributed by atoms with E-state index in [1.54, 1.807) is 7.05 Å². The number of oxime groups is 1. The molecule has 35 heavy (non-hydrogen) atoms. The zero-order valence-electron chi connectivity index (χ0n) is 18.5. The summed E-state index contributed by atoms with van der Waals surface area (Å²) >= 11 is 2.77. The maximum atomic E-state index is 13.7. The lowest BCUT2D eigenvalue weighted by Gasteiger charge is -2.44. The molecule has 0 spiro atoms. The molecule has 1 saturated heterocycles. The van der Waals surface area contributed by atoms with Gasteiger partial charge in [0.15, 0.2) is 11.8 Å². The molecule has 10 nitrogen and oxygen atoms in total. The SMILES string of the molecule is Cn1nnnc1SCC1=C(C(=O)OC(c2ccccc2)c2ccccc2)N2C(=O)/C(=N\O)[C@H]2SC1. The molecule has 0 bridgehead atoms. The number of amides is 1. The van der Waals surface area contributed by atoms with Gasteiger partial charge in [-0.2, -0.15) is 0 Å². The van der Waals surface area contributed by atoms with Gasteiger partial charge in [0.1, 0.15) is 11.1 Å². The first-order chi connectivity index (χ1) is 17.1. The largest absolute Gasteiger partial charge is 0.448 e. The van der Waals surface area contributed by atoms with Crippen molar-refractivity contribution >= 4 is 41.1 Å². The van der Waals surface area contributed by atoms with Crippen LogP contribution in [-0.2, 0) is 21.4 Å². The summed E-state index contributed by atoms with van der Waals surface area (Å²) in [7, 11) is 1.73. The van der Waals surface area contributed by atoms with E-state index in [9.17, 15) is 14.8 Å². The number of aryl methyl sites for hydroxylation is 1. The van der Waals surface area contributed by atoms with Crippen LogP contribution in [0.5, 0.6) is 0 Å². The first kappa shape index (κ1) is 23.1. The molecule has 2 aliphatic rings. The fraction of sp³-hybridized carbons (Fsp3) is 0.217. The number of carbonyl (C=O) groups excluding carboxylic acids is 2. The Kier molecular flexibility index (Phi) is 6.55. The van der Waals surface area contributed by atoms with Gasteiger partial charge in [-0.15, -0.1) is 16.9 Å². The summed E-state index contributed by atoms with van der Waals surface area (Å²) in [5.74, 6) is -0.299. The molecule has 1 fully saturated rings. The Morgan fingerprint density at radius 1 is 1.20 bits per heavy atom. The number of fused-ring (bicyclic) bond motifs is 1. The third-order valence-electron chi connectivity index (χ3n) is 5.58. The highest BCUT2D eigenvalue weighted by Crippen LogP contribution is 2.41. The van der Waals surface area contributed by atoms with Gasteiger partial charge in [-0.1, -0.05) is 77.6 Å². The molecule has 178 valence electrons. The van der Waals surface area contributed by atoms with E-state index in [-0.39, 0.29) is 11.4 Å². The monoisotopic (exact) mass is 508 g/mol. The third kappa shape index (κ3) is 4.42. The molecule has 0 radical (unpaired) electrons. The van der Waals surface area contributed by atoms with Gasteiger partial charge in [0, 0.05) is 18.6 Å². The molecular formula is C23H20N6O4S2. The number of hydrogen-bond donors (Lipinski definition) is 1. The van der Waals surface area contributed by atoms with Crippen LogP contribution >= 0.6 is 23.5 Å². The summed E-state index contributed by atoms with van der Waals surface area (Å²) in [5.41, 5.74) is 2.53. The van der Waals surface area contributed by atoms with Gasteiger partial charge >= 0.3 is 5.97 Å². The van der Waals surface area contributed by atoms with Crippen molar-refractivity contribution in [2.24, 2.45) is 12.2 Å². The van der Waals surface area contributed by atoms with Gasteiger partial charge < -0.3 is 9.94 Å². The Balaban J connectivity index is 1.49. The van der Waals surface area contributed by atoms with Crippen LogP contribution in [0.2, 0.25) is 0 Å². The first-order valence-corrected chi connectivity index (χ1v) is 12.7. The van der Waals surface area contributed by atoms with Gasteiger partial charge in [-0.25, -0.2) is 9.48 Å². The Hall–Kier alpha value is -3.64. The lowest BCUT2D eigenvalue weighted by molar-refractivity contribution is -0.147. The van der Waals surface area contributed by atoms with E-state index in [0.717, 1.165) is 16.7 Å². The second-order valence-corrected chi connectivity index (χ2v) is 9.77. The summed E-state index contributed by atoms with van der Waals surface area (Å²) < 4.78 is 7.60. The zero-order chi connectivity index (χ0) is 24.4. The number of hydrogen-bond acceptors (Lipinski definition) is 10. The van der Waals surface area contributed by atoms with Crippen molar-refractivity contribution in [1.82, 2.24) is 25.1 Å². The number of esters is 1. The van der Waals surface area contributed by atoms with Crippen molar-refractivity contribution in [2.75, 3.05) is 11.5 Å². The van der Waals surface area contributed by atoms with Crippen LogP contribution in [0.15, 0.2) is 82.2 Å². The number of carbonyl (C=O) groups is 2. The molecule has 2 aliphatic heterocycles. The number of nitrogens with zero attached hydrogens (tertiary/aromatic N) is 6. The zero-order valence-corrected chi connectivity index (χ0v) is 20.1. The topological polar surface area (TPSA) is 123 Å². The lowest BCUT2D eigenvalue weighted by atomic mass is 10.0. The van der Waals surface area contributed by atoms with Crippen LogP contribution in [0.3, 0.4) is 0 Å². The molecule has 12 heteroatoms. The van der Waals surface area contributed by atoms with Crippen molar-refractivity contribution < 1.29 is 19.5 Å². The number of tetrazole rings is 1. The van der Waals surface area contributed by atoms with E-state index in [1.807, 2.05) is 60.7 Å². The van der Waals surface area contributed by atoms with E-state index < -0.39 is 23.4 Å². The van der Waals surface area contributed by atoms with Crippen LogP contribution in [0.1, 0.15) is 17.2 Å². The van der Waals surface area contributed by atoms with E-state index >= 15 is 0 Å². The Labute approximate surface area is 209 Å². The van der Waals surface area contributed by atoms with Gasteiger partial charge in [0.2, 0.25) is 5.16 Å². The predicted octanol–water partition coefficient (Wildman–Crippen LogP) is 2.63. The molecule has 3 aromatic rings. The molecule has 0 saturated carbocycles. The highest BCUT2D eigenvalue weighted by molar-refractivity contribution is 8.01. The molecule has 2 aromatic carbocycles. The summed E-state index contributed by atoms with van der Waals surface area (Å²) in [4.78, 5) is 27.8. The number of β-lactam (4-membered cyclic amide) rings is 1. The van der Waals surface area contributed by atoms with Crippen molar-refractivity contribution in [3.05, 3.63) is 83.1 Å². The van der Waals surface area contributed by atoms with E-state index in [1.165, 1.54) is 33.1 Å². The van der Waals surface area contributed by atoms with Crippen molar-refractivity contribution in [2.45, 2.75) is 16.6 Å². The molecule has 1 aromatic heterocycles. The fourth-order valence-electron chi connectivity index (χ4n) is 3.87. The van der Waals surface area contributed by atoms with E-state index in [2.05, 4.69) is 20.7 Å². The van der Waals surface area contributed by atoms with Gasteiger partial charge in [-0.05, 0) is 27.1 Å². The minimum absolute atomic E-state index is 0.0205. The Bertz CT molecular complexity index is 1270. The summed E-state index contributed by atoms with van der Waals surface area (Å²) in [6.45, 7) is 0. The quantitative estimate of drug-likeness (QED) is 0.169. The number of benzene rings is 2. The maximum Gasteiger partial charge on any atom is 0.356 e. The number of rotatable bonds is 7. The second-order valence-electron chi connectivity index (χ2n) is 7.76. The highest BCUT2D eigenvalue weighted by Gasteiger charge is 2.52. The molecular weight excluding hydrogens is 488 g/mol. The minimum Gasteiger partial charge on any atom is -0.448 e. The maximum absolute atomic E-state index is 13.7. The summed E-state index contributed by atoms with van der Waals surface area (Å²) in [6, 6.07) is 18.9. The van der Waals surface area contributed by atoms with E-state index in [0.29, 0.717) is 16.7 Å². The Morgan fingerprint density at radius 2 is 1.86 bits per heavy atom. The van der Waals surface area contributed by atoms with Crippen molar-refractivity contribution in [3.63, 3.8) is 0 Å². The average Bonchev–Trinajstić information content (AvgIpc) is 3.31. The van der Waals surface area contributed by atoms with Crippen LogP contribution in [0.4, 0.5) is 0 Å². The molecule has 0 unspecified atom stereocenters. The molecule has 0 aliphatic carbocycles. The van der Waals surface area contributed by atoms with Crippen LogP contribution in [-0.4, -0.2) is 64.8 Å².